The van der Waals surface area contributed by atoms with E-state index in [0.717, 1.165) is 18.4 Å². The van der Waals surface area contributed by atoms with Gasteiger partial charge in [-0.05, 0) is 40.9 Å². The van der Waals surface area contributed by atoms with E-state index in [1.54, 1.807) is 16.8 Å². The first-order valence-corrected chi connectivity index (χ1v) is 7.83. The molecule has 4 heteroatoms. The van der Waals surface area contributed by atoms with E-state index in [-0.39, 0.29) is 11.6 Å². The van der Waals surface area contributed by atoms with E-state index in [0.29, 0.717) is 9.50 Å². The molecule has 0 bridgehead atoms. The van der Waals surface area contributed by atoms with Crippen molar-refractivity contribution in [3.63, 3.8) is 0 Å². The zero-order chi connectivity index (χ0) is 14.7. The van der Waals surface area contributed by atoms with Crippen molar-refractivity contribution < 1.29 is 0 Å². The van der Waals surface area contributed by atoms with Crippen LogP contribution in [0.2, 0.25) is 5.02 Å². The largest absolute Gasteiger partial charge is 0.306 e. The minimum atomic E-state index is -0.0478. The van der Waals surface area contributed by atoms with Crippen molar-refractivity contribution in [3.05, 3.63) is 67.5 Å². The van der Waals surface area contributed by atoms with Gasteiger partial charge >= 0.3 is 0 Å². The number of pyridine rings is 1. The van der Waals surface area contributed by atoms with Gasteiger partial charge in [0.2, 0.25) is 0 Å². The van der Waals surface area contributed by atoms with Gasteiger partial charge in [0.25, 0.3) is 5.56 Å². The first kappa shape index (κ1) is 15.3. The van der Waals surface area contributed by atoms with Crippen LogP contribution in [0.4, 0.5) is 0 Å². The molecule has 20 heavy (non-hydrogen) atoms. The van der Waals surface area contributed by atoms with Crippen molar-refractivity contribution in [2.75, 3.05) is 0 Å². The maximum absolute atomic E-state index is 12.3. The summed E-state index contributed by atoms with van der Waals surface area (Å²) in [5.74, 6) is 0. The third-order valence-corrected chi connectivity index (χ3v) is 4.10. The molecule has 0 radical (unpaired) electrons. The monoisotopic (exact) mass is 353 g/mol. The average Bonchev–Trinajstić information content (AvgIpc) is 2.42. The van der Waals surface area contributed by atoms with Gasteiger partial charge in [0.15, 0.2) is 0 Å². The Balaban J connectivity index is 2.54. The van der Waals surface area contributed by atoms with E-state index in [1.165, 1.54) is 5.56 Å². The summed E-state index contributed by atoms with van der Waals surface area (Å²) in [7, 11) is 0. The standard InChI is InChI=1S/C16H17BrClNO/c1-3-4-15(12-7-5-11(2)6-8-12)19-10-13(18)9-14(17)16(19)20/h5-10,15H,3-4H2,1-2H3. The van der Waals surface area contributed by atoms with E-state index in [4.69, 9.17) is 11.6 Å². The van der Waals surface area contributed by atoms with E-state index in [1.807, 2.05) is 0 Å². The lowest BCUT2D eigenvalue weighted by molar-refractivity contribution is 0.516. The van der Waals surface area contributed by atoms with Gasteiger partial charge in [0, 0.05) is 6.20 Å². The Hall–Kier alpha value is -1.06. The Kier molecular flexibility index (Phi) is 5.06. The van der Waals surface area contributed by atoms with Gasteiger partial charge in [-0.3, -0.25) is 4.79 Å². The summed E-state index contributed by atoms with van der Waals surface area (Å²) in [5, 5.41) is 0.560. The van der Waals surface area contributed by atoms with Crippen LogP contribution in [0.3, 0.4) is 0 Å². The van der Waals surface area contributed by atoms with Crippen molar-refractivity contribution in [2.24, 2.45) is 0 Å². The molecule has 0 saturated heterocycles. The highest BCUT2D eigenvalue weighted by Crippen LogP contribution is 2.25. The highest BCUT2D eigenvalue weighted by Gasteiger charge is 2.16. The zero-order valence-corrected chi connectivity index (χ0v) is 13.9. The molecule has 2 nitrogen and oxygen atoms in total. The quantitative estimate of drug-likeness (QED) is 0.760. The maximum Gasteiger partial charge on any atom is 0.265 e. The Morgan fingerprint density at radius 2 is 1.95 bits per heavy atom. The molecule has 2 rings (SSSR count). The molecule has 2 aromatic rings. The zero-order valence-electron chi connectivity index (χ0n) is 11.6. The fourth-order valence-electron chi connectivity index (χ4n) is 2.29. The van der Waals surface area contributed by atoms with E-state index < -0.39 is 0 Å². The van der Waals surface area contributed by atoms with Crippen molar-refractivity contribution in [2.45, 2.75) is 32.7 Å². The van der Waals surface area contributed by atoms with Gasteiger partial charge in [-0.15, -0.1) is 0 Å². The maximum atomic E-state index is 12.3. The molecule has 0 aliphatic rings. The molecular weight excluding hydrogens is 338 g/mol. The van der Waals surface area contributed by atoms with Crippen LogP contribution in [0, 0.1) is 6.92 Å². The van der Waals surface area contributed by atoms with Gasteiger partial charge in [-0.2, -0.15) is 0 Å². The van der Waals surface area contributed by atoms with E-state index in [9.17, 15) is 4.79 Å². The molecule has 0 saturated carbocycles. The fourth-order valence-corrected chi connectivity index (χ4v) is 3.09. The second-order valence-electron chi connectivity index (χ2n) is 4.93. The lowest BCUT2D eigenvalue weighted by Gasteiger charge is -2.20. The summed E-state index contributed by atoms with van der Waals surface area (Å²) in [5.41, 5.74) is 2.30. The van der Waals surface area contributed by atoms with Gasteiger partial charge in [-0.1, -0.05) is 54.8 Å². The molecule has 1 aromatic heterocycles. The SMILES string of the molecule is CCCC(c1ccc(C)cc1)n1cc(Cl)cc(Br)c1=O. The lowest BCUT2D eigenvalue weighted by Crippen LogP contribution is -2.25. The van der Waals surface area contributed by atoms with Crippen LogP contribution in [-0.2, 0) is 0 Å². The number of hydrogen-bond acceptors (Lipinski definition) is 1. The second kappa shape index (κ2) is 6.59. The summed E-state index contributed by atoms with van der Waals surface area (Å²) in [6, 6.07) is 9.96. The normalized spacial score (nSPS) is 12.4. The molecule has 106 valence electrons. The molecule has 0 aliphatic heterocycles. The number of aromatic nitrogens is 1. The number of nitrogens with zero attached hydrogens (tertiary/aromatic N) is 1. The molecule has 0 N–H and O–H groups in total. The molecule has 0 spiro atoms. The Bertz CT molecular complexity index is 649. The van der Waals surface area contributed by atoms with E-state index in [2.05, 4.69) is 54.0 Å². The Labute approximate surface area is 132 Å². The highest BCUT2D eigenvalue weighted by molar-refractivity contribution is 9.10. The Morgan fingerprint density at radius 1 is 1.30 bits per heavy atom. The van der Waals surface area contributed by atoms with Crippen LogP contribution in [0.25, 0.3) is 0 Å². The molecular formula is C16H17BrClNO. The van der Waals surface area contributed by atoms with Crippen LogP contribution in [-0.4, -0.2) is 4.57 Å². The minimum absolute atomic E-state index is 0.0168. The van der Waals surface area contributed by atoms with Gasteiger partial charge in [0.05, 0.1) is 15.5 Å². The van der Waals surface area contributed by atoms with E-state index >= 15 is 0 Å². The third-order valence-electron chi connectivity index (χ3n) is 3.33. The lowest BCUT2D eigenvalue weighted by atomic mass is 10.0. The van der Waals surface area contributed by atoms with Gasteiger partial charge in [0.1, 0.15) is 0 Å². The molecule has 1 unspecified atom stereocenters. The van der Waals surface area contributed by atoms with Crippen molar-refractivity contribution >= 4 is 27.5 Å². The summed E-state index contributed by atoms with van der Waals surface area (Å²) < 4.78 is 2.22. The number of aryl methyl sites for hydroxylation is 1. The number of hydrogen-bond donors (Lipinski definition) is 0. The molecule has 1 heterocycles. The first-order chi connectivity index (χ1) is 9.52. The molecule has 0 fully saturated rings. The molecule has 0 aliphatic carbocycles. The number of halogens is 2. The van der Waals surface area contributed by atoms with Crippen LogP contribution >= 0.6 is 27.5 Å². The average molecular weight is 355 g/mol. The molecule has 1 atom stereocenters. The highest BCUT2D eigenvalue weighted by atomic mass is 79.9. The second-order valence-corrected chi connectivity index (χ2v) is 6.22. The minimum Gasteiger partial charge on any atom is -0.306 e. The fraction of sp³-hybridized carbons (Fsp3) is 0.312. The number of rotatable bonds is 4. The summed E-state index contributed by atoms with van der Waals surface area (Å²) in [4.78, 5) is 12.3. The number of benzene rings is 1. The van der Waals surface area contributed by atoms with Crippen LogP contribution in [0.1, 0.15) is 36.9 Å². The third kappa shape index (κ3) is 3.33. The van der Waals surface area contributed by atoms with Crippen LogP contribution < -0.4 is 5.56 Å². The predicted molar refractivity (Wildman–Crippen MR) is 87.6 cm³/mol. The van der Waals surface area contributed by atoms with Gasteiger partial charge in [-0.25, -0.2) is 0 Å². The Morgan fingerprint density at radius 3 is 2.55 bits per heavy atom. The van der Waals surface area contributed by atoms with Crippen molar-refractivity contribution in [1.29, 1.82) is 0 Å². The van der Waals surface area contributed by atoms with Crippen molar-refractivity contribution in [3.8, 4) is 0 Å². The predicted octanol–water partition coefficient (Wildman–Crippen LogP) is 4.96. The molecule has 1 aromatic carbocycles. The molecule has 0 amide bonds. The van der Waals surface area contributed by atoms with Crippen LogP contribution in [0.15, 0.2) is 45.8 Å². The van der Waals surface area contributed by atoms with Crippen LogP contribution in [0.5, 0.6) is 0 Å². The first-order valence-electron chi connectivity index (χ1n) is 6.66. The summed E-state index contributed by atoms with van der Waals surface area (Å²) in [6.07, 6.45) is 3.61. The van der Waals surface area contributed by atoms with Gasteiger partial charge < -0.3 is 4.57 Å². The topological polar surface area (TPSA) is 22.0 Å². The summed E-state index contributed by atoms with van der Waals surface area (Å²) >= 11 is 9.37. The summed E-state index contributed by atoms with van der Waals surface area (Å²) in [6.45, 7) is 4.17. The smallest absolute Gasteiger partial charge is 0.265 e. The van der Waals surface area contributed by atoms with Crippen molar-refractivity contribution in [1.82, 2.24) is 4.57 Å².